The van der Waals surface area contributed by atoms with Gasteiger partial charge < -0.3 is 15.0 Å². The highest BCUT2D eigenvalue weighted by Gasteiger charge is 2.15. The van der Waals surface area contributed by atoms with E-state index in [9.17, 15) is 4.79 Å². The lowest BCUT2D eigenvalue weighted by atomic mass is 10.2. The molecule has 0 aliphatic rings. The van der Waals surface area contributed by atoms with Crippen LogP contribution in [-0.2, 0) is 11.2 Å². The van der Waals surface area contributed by atoms with Gasteiger partial charge in [0.25, 0.3) is 5.91 Å². The van der Waals surface area contributed by atoms with E-state index < -0.39 is 6.10 Å². The molecule has 0 radical (unpaired) electrons. The van der Waals surface area contributed by atoms with Crippen LogP contribution in [0.1, 0.15) is 24.7 Å². The summed E-state index contributed by atoms with van der Waals surface area (Å²) in [4.78, 5) is 20.0. The number of ether oxygens (including phenoxy) is 1. The van der Waals surface area contributed by atoms with Crippen molar-refractivity contribution in [3.63, 3.8) is 0 Å². The standard InChI is InChI=1S/C20H22ClN3O2/c1-13-9-10-15(21)18(12-13)26-14(2)20(25)22-11-5-8-19-23-16-6-3-4-7-17(16)24-19/h3-4,6-7,9-10,12,14H,5,8,11H2,1-2H3,(H,22,25)(H,23,24). The number of fused-ring (bicyclic) bond motifs is 1. The summed E-state index contributed by atoms with van der Waals surface area (Å²) in [6.07, 6.45) is 0.956. The van der Waals surface area contributed by atoms with Gasteiger partial charge >= 0.3 is 0 Å². The molecule has 0 fully saturated rings. The minimum atomic E-state index is -0.611. The Morgan fingerprint density at radius 1 is 1.31 bits per heavy atom. The molecule has 1 atom stereocenters. The van der Waals surface area contributed by atoms with Gasteiger partial charge in [-0.3, -0.25) is 4.79 Å². The third kappa shape index (κ3) is 4.55. The maximum absolute atomic E-state index is 12.2. The summed E-state index contributed by atoms with van der Waals surface area (Å²) in [7, 11) is 0. The molecular formula is C20H22ClN3O2. The summed E-state index contributed by atoms with van der Waals surface area (Å²) in [5.74, 6) is 1.29. The number of carbonyl (C=O) groups excluding carboxylic acids is 1. The smallest absolute Gasteiger partial charge is 0.260 e. The lowest BCUT2D eigenvalue weighted by Gasteiger charge is -2.16. The van der Waals surface area contributed by atoms with E-state index in [0.717, 1.165) is 35.3 Å². The number of halogens is 1. The van der Waals surface area contributed by atoms with Crippen LogP contribution >= 0.6 is 11.6 Å². The molecule has 1 unspecified atom stereocenters. The second-order valence-corrected chi connectivity index (χ2v) is 6.70. The number of hydrogen-bond acceptors (Lipinski definition) is 3. The molecule has 6 heteroatoms. The Bertz CT molecular complexity index is 874. The number of aryl methyl sites for hydroxylation is 2. The van der Waals surface area contributed by atoms with Gasteiger partial charge in [-0.25, -0.2) is 4.98 Å². The number of nitrogens with one attached hydrogen (secondary N) is 2. The highest BCUT2D eigenvalue weighted by atomic mass is 35.5. The first kappa shape index (κ1) is 18.3. The summed E-state index contributed by atoms with van der Waals surface area (Å²) >= 11 is 6.11. The van der Waals surface area contributed by atoms with E-state index in [1.807, 2.05) is 43.3 Å². The van der Waals surface area contributed by atoms with Crippen LogP contribution in [-0.4, -0.2) is 28.5 Å². The Balaban J connectivity index is 1.45. The molecule has 0 spiro atoms. The first-order chi connectivity index (χ1) is 12.5. The van der Waals surface area contributed by atoms with Crippen molar-refractivity contribution in [3.8, 4) is 5.75 Å². The molecule has 2 N–H and O–H groups in total. The summed E-state index contributed by atoms with van der Waals surface area (Å²) in [6, 6.07) is 13.4. The fraction of sp³-hybridized carbons (Fsp3) is 0.300. The Morgan fingerprint density at radius 3 is 2.92 bits per heavy atom. The van der Waals surface area contributed by atoms with Crippen molar-refractivity contribution in [1.29, 1.82) is 0 Å². The summed E-state index contributed by atoms with van der Waals surface area (Å²) in [6.45, 7) is 4.23. The van der Waals surface area contributed by atoms with Crippen LogP contribution in [0, 0.1) is 6.92 Å². The van der Waals surface area contributed by atoms with E-state index in [1.54, 1.807) is 13.0 Å². The number of H-pyrrole nitrogens is 1. The lowest BCUT2D eigenvalue weighted by Crippen LogP contribution is -2.37. The minimum Gasteiger partial charge on any atom is -0.479 e. The zero-order valence-electron chi connectivity index (χ0n) is 14.9. The Kier molecular flexibility index (Phi) is 5.78. The molecule has 3 rings (SSSR count). The van der Waals surface area contributed by atoms with Crippen molar-refractivity contribution < 1.29 is 9.53 Å². The number of aromatic amines is 1. The average Bonchev–Trinajstić information content (AvgIpc) is 3.04. The molecule has 1 heterocycles. The second-order valence-electron chi connectivity index (χ2n) is 6.29. The summed E-state index contributed by atoms with van der Waals surface area (Å²) < 4.78 is 5.68. The number of hydrogen-bond donors (Lipinski definition) is 2. The molecule has 0 bridgehead atoms. The van der Waals surface area contributed by atoms with Gasteiger partial charge in [0.15, 0.2) is 6.10 Å². The molecular weight excluding hydrogens is 350 g/mol. The number of para-hydroxylation sites is 2. The van der Waals surface area contributed by atoms with E-state index >= 15 is 0 Å². The van der Waals surface area contributed by atoms with E-state index in [1.165, 1.54) is 0 Å². The molecule has 1 amide bonds. The number of benzene rings is 2. The van der Waals surface area contributed by atoms with Gasteiger partial charge in [0.2, 0.25) is 0 Å². The van der Waals surface area contributed by atoms with Crippen LogP contribution in [0.4, 0.5) is 0 Å². The van der Waals surface area contributed by atoms with Gasteiger partial charge in [-0.05, 0) is 50.1 Å². The van der Waals surface area contributed by atoms with Gasteiger partial charge in [0, 0.05) is 13.0 Å². The highest BCUT2D eigenvalue weighted by Crippen LogP contribution is 2.26. The Labute approximate surface area is 157 Å². The van der Waals surface area contributed by atoms with Crippen LogP contribution in [0.15, 0.2) is 42.5 Å². The van der Waals surface area contributed by atoms with E-state index in [-0.39, 0.29) is 5.91 Å². The van der Waals surface area contributed by atoms with Gasteiger partial charge in [0.05, 0.1) is 16.1 Å². The molecule has 26 heavy (non-hydrogen) atoms. The molecule has 1 aromatic heterocycles. The van der Waals surface area contributed by atoms with Crippen LogP contribution in [0.25, 0.3) is 11.0 Å². The SMILES string of the molecule is Cc1ccc(Cl)c(OC(C)C(=O)NCCCc2nc3ccccc3[nH]2)c1. The first-order valence-electron chi connectivity index (χ1n) is 8.67. The number of imidazole rings is 1. The molecule has 2 aromatic carbocycles. The number of aromatic nitrogens is 2. The van der Waals surface area contributed by atoms with Crippen LogP contribution in [0.5, 0.6) is 5.75 Å². The minimum absolute atomic E-state index is 0.160. The van der Waals surface area contributed by atoms with Crippen LogP contribution in [0.2, 0.25) is 5.02 Å². The molecule has 0 aliphatic heterocycles. The summed E-state index contributed by atoms with van der Waals surface area (Å²) in [5, 5.41) is 3.39. The number of rotatable bonds is 7. The zero-order valence-corrected chi connectivity index (χ0v) is 15.6. The molecule has 5 nitrogen and oxygen atoms in total. The Morgan fingerprint density at radius 2 is 2.12 bits per heavy atom. The molecule has 0 saturated heterocycles. The van der Waals surface area contributed by atoms with Crippen molar-refractivity contribution in [1.82, 2.24) is 15.3 Å². The largest absolute Gasteiger partial charge is 0.479 e. The van der Waals surface area contributed by atoms with E-state index in [2.05, 4.69) is 15.3 Å². The highest BCUT2D eigenvalue weighted by molar-refractivity contribution is 6.32. The predicted molar refractivity (Wildman–Crippen MR) is 104 cm³/mol. The van der Waals surface area contributed by atoms with Gasteiger partial charge in [-0.15, -0.1) is 0 Å². The normalized spacial score (nSPS) is 12.1. The third-order valence-electron chi connectivity index (χ3n) is 4.09. The lowest BCUT2D eigenvalue weighted by molar-refractivity contribution is -0.127. The number of amides is 1. The maximum Gasteiger partial charge on any atom is 0.260 e. The zero-order chi connectivity index (χ0) is 18.5. The van der Waals surface area contributed by atoms with Crippen molar-refractivity contribution >= 4 is 28.5 Å². The maximum atomic E-state index is 12.2. The fourth-order valence-corrected chi connectivity index (χ4v) is 2.84. The van der Waals surface area contributed by atoms with Crippen molar-refractivity contribution in [2.45, 2.75) is 32.8 Å². The average molecular weight is 372 g/mol. The topological polar surface area (TPSA) is 67.0 Å². The van der Waals surface area contributed by atoms with Crippen LogP contribution in [0.3, 0.4) is 0 Å². The first-order valence-corrected chi connectivity index (χ1v) is 9.05. The quantitative estimate of drug-likeness (QED) is 0.616. The van der Waals surface area contributed by atoms with Crippen molar-refractivity contribution in [3.05, 3.63) is 58.9 Å². The van der Waals surface area contributed by atoms with Crippen molar-refractivity contribution in [2.75, 3.05) is 6.54 Å². The third-order valence-corrected chi connectivity index (χ3v) is 4.40. The fourth-order valence-electron chi connectivity index (χ4n) is 2.68. The van der Waals surface area contributed by atoms with E-state index in [0.29, 0.717) is 17.3 Å². The Hall–Kier alpha value is -2.53. The molecule has 0 saturated carbocycles. The van der Waals surface area contributed by atoms with Gasteiger partial charge in [-0.1, -0.05) is 29.8 Å². The van der Waals surface area contributed by atoms with E-state index in [4.69, 9.17) is 16.3 Å². The van der Waals surface area contributed by atoms with Gasteiger partial charge in [0.1, 0.15) is 11.6 Å². The van der Waals surface area contributed by atoms with Crippen LogP contribution < -0.4 is 10.1 Å². The number of nitrogens with zero attached hydrogens (tertiary/aromatic N) is 1. The molecule has 3 aromatic rings. The van der Waals surface area contributed by atoms with Crippen molar-refractivity contribution in [2.24, 2.45) is 0 Å². The molecule has 136 valence electrons. The summed E-state index contributed by atoms with van der Waals surface area (Å²) in [5.41, 5.74) is 3.02. The molecule has 0 aliphatic carbocycles. The number of carbonyl (C=O) groups is 1. The van der Waals surface area contributed by atoms with Gasteiger partial charge in [-0.2, -0.15) is 0 Å². The second kappa shape index (κ2) is 8.23. The monoisotopic (exact) mass is 371 g/mol. The predicted octanol–water partition coefficient (Wildman–Crippen LogP) is 4.04.